The molecule has 0 aromatic heterocycles. The van der Waals surface area contributed by atoms with Gasteiger partial charge in [-0.1, -0.05) is 34.8 Å². The van der Waals surface area contributed by atoms with Gasteiger partial charge < -0.3 is 4.74 Å². The van der Waals surface area contributed by atoms with Crippen LogP contribution in [0.4, 0.5) is 10.5 Å². The maximum absolute atomic E-state index is 10.9. The van der Waals surface area contributed by atoms with Crippen molar-refractivity contribution < 1.29 is 9.53 Å². The maximum Gasteiger partial charge on any atom is 0.411 e. The molecule has 1 aromatic carbocycles. The number of carbonyl (C=O) groups is 1. The number of benzene rings is 1. The molecular formula is C8H6Cl3NO2. The highest BCUT2D eigenvalue weighted by molar-refractivity contribution is 6.45. The monoisotopic (exact) mass is 253 g/mol. The minimum absolute atomic E-state index is 0.224. The molecule has 0 unspecified atom stereocenters. The highest BCUT2D eigenvalue weighted by Gasteiger charge is 2.09. The Hall–Kier alpha value is -0.640. The SMILES string of the molecule is COC(=O)Nc1cc(Cl)cc(Cl)c1Cl. The van der Waals surface area contributed by atoms with Crippen molar-refractivity contribution in [2.75, 3.05) is 12.4 Å². The second-order valence-corrected chi connectivity index (χ2v) is 3.59. The number of halogens is 3. The largest absolute Gasteiger partial charge is 0.453 e. The molecule has 0 aliphatic carbocycles. The molecular weight excluding hydrogens is 248 g/mol. The molecule has 14 heavy (non-hydrogen) atoms. The second kappa shape index (κ2) is 4.73. The number of hydrogen-bond acceptors (Lipinski definition) is 2. The molecule has 76 valence electrons. The van der Waals surface area contributed by atoms with Crippen LogP contribution in [0, 0.1) is 0 Å². The third-order valence-corrected chi connectivity index (χ3v) is 2.44. The third-order valence-electron chi connectivity index (χ3n) is 1.42. The Morgan fingerprint density at radius 3 is 2.57 bits per heavy atom. The summed E-state index contributed by atoms with van der Waals surface area (Å²) < 4.78 is 4.39. The van der Waals surface area contributed by atoms with Gasteiger partial charge in [-0.3, -0.25) is 5.32 Å². The van der Waals surface area contributed by atoms with Crippen LogP contribution in [0.3, 0.4) is 0 Å². The molecule has 0 saturated heterocycles. The van der Waals surface area contributed by atoms with E-state index in [2.05, 4.69) is 10.1 Å². The molecule has 1 N–H and O–H groups in total. The molecule has 1 aromatic rings. The van der Waals surface area contributed by atoms with Crippen LogP contribution in [-0.4, -0.2) is 13.2 Å². The molecule has 1 rings (SSSR count). The van der Waals surface area contributed by atoms with E-state index in [1.807, 2.05) is 0 Å². The number of rotatable bonds is 1. The topological polar surface area (TPSA) is 38.3 Å². The Kier molecular flexibility index (Phi) is 3.86. The minimum Gasteiger partial charge on any atom is -0.453 e. The van der Waals surface area contributed by atoms with Crippen molar-refractivity contribution in [1.29, 1.82) is 0 Å². The Balaban J connectivity index is 3.02. The fourth-order valence-corrected chi connectivity index (χ4v) is 1.46. The molecule has 0 heterocycles. The van der Waals surface area contributed by atoms with Gasteiger partial charge in [-0.05, 0) is 12.1 Å². The second-order valence-electron chi connectivity index (χ2n) is 2.37. The predicted octanol–water partition coefficient (Wildman–Crippen LogP) is 3.83. The smallest absolute Gasteiger partial charge is 0.411 e. The van der Waals surface area contributed by atoms with Crippen molar-refractivity contribution in [3.05, 3.63) is 27.2 Å². The first-order valence-corrected chi connectivity index (χ1v) is 4.67. The van der Waals surface area contributed by atoms with Gasteiger partial charge in [0.2, 0.25) is 0 Å². The Morgan fingerprint density at radius 2 is 2.00 bits per heavy atom. The van der Waals surface area contributed by atoms with E-state index in [1.165, 1.54) is 19.2 Å². The lowest BCUT2D eigenvalue weighted by atomic mass is 10.3. The van der Waals surface area contributed by atoms with Gasteiger partial charge in [-0.25, -0.2) is 4.79 Å². The van der Waals surface area contributed by atoms with E-state index in [4.69, 9.17) is 34.8 Å². The van der Waals surface area contributed by atoms with E-state index >= 15 is 0 Å². The first kappa shape index (κ1) is 11.4. The Bertz CT molecular complexity index is 368. The number of amides is 1. The highest BCUT2D eigenvalue weighted by Crippen LogP contribution is 2.33. The van der Waals surface area contributed by atoms with Gasteiger partial charge in [-0.15, -0.1) is 0 Å². The van der Waals surface area contributed by atoms with Crippen LogP contribution < -0.4 is 5.32 Å². The summed E-state index contributed by atoms with van der Waals surface area (Å²) in [6.45, 7) is 0. The van der Waals surface area contributed by atoms with Gasteiger partial charge >= 0.3 is 6.09 Å². The molecule has 0 spiro atoms. The minimum atomic E-state index is -0.634. The molecule has 0 fully saturated rings. The van der Waals surface area contributed by atoms with Crippen molar-refractivity contribution in [3.8, 4) is 0 Å². The summed E-state index contributed by atoms with van der Waals surface area (Å²) in [4.78, 5) is 10.9. The van der Waals surface area contributed by atoms with E-state index in [-0.39, 0.29) is 10.0 Å². The predicted molar refractivity (Wildman–Crippen MR) is 57.5 cm³/mol. The quantitative estimate of drug-likeness (QED) is 0.774. The summed E-state index contributed by atoms with van der Waals surface area (Å²) in [6.07, 6.45) is -0.634. The fraction of sp³-hybridized carbons (Fsp3) is 0.125. The van der Waals surface area contributed by atoms with Crippen LogP contribution in [0.1, 0.15) is 0 Å². The van der Waals surface area contributed by atoms with Gasteiger partial charge in [0.25, 0.3) is 0 Å². The van der Waals surface area contributed by atoms with Crippen LogP contribution in [0.15, 0.2) is 12.1 Å². The number of methoxy groups -OCH3 is 1. The normalized spacial score (nSPS) is 9.71. The molecule has 0 atom stereocenters. The number of carbonyl (C=O) groups excluding carboxylic acids is 1. The molecule has 0 saturated carbocycles. The lowest BCUT2D eigenvalue weighted by Crippen LogP contribution is -2.11. The molecule has 0 bridgehead atoms. The number of anilines is 1. The third kappa shape index (κ3) is 2.67. The molecule has 1 amide bonds. The van der Waals surface area contributed by atoms with Crippen molar-refractivity contribution in [2.24, 2.45) is 0 Å². The summed E-state index contributed by atoms with van der Waals surface area (Å²) in [5.41, 5.74) is 0.316. The average molecular weight is 254 g/mol. The number of nitrogens with one attached hydrogen (secondary N) is 1. The Morgan fingerprint density at radius 1 is 1.36 bits per heavy atom. The summed E-state index contributed by atoms with van der Waals surface area (Å²) in [6, 6.07) is 2.96. The van der Waals surface area contributed by atoms with Crippen LogP contribution in [0.2, 0.25) is 15.1 Å². The summed E-state index contributed by atoms with van der Waals surface area (Å²) in [5.74, 6) is 0. The number of hydrogen-bond donors (Lipinski definition) is 1. The number of ether oxygens (including phenoxy) is 1. The summed E-state index contributed by atoms with van der Waals surface area (Å²) >= 11 is 17.3. The van der Waals surface area contributed by atoms with Crippen LogP contribution in [0.5, 0.6) is 0 Å². The van der Waals surface area contributed by atoms with E-state index in [9.17, 15) is 4.79 Å². The van der Waals surface area contributed by atoms with Gasteiger partial charge in [0, 0.05) is 5.02 Å². The van der Waals surface area contributed by atoms with Crippen LogP contribution in [0.25, 0.3) is 0 Å². The van der Waals surface area contributed by atoms with Crippen LogP contribution >= 0.6 is 34.8 Å². The average Bonchev–Trinajstić information content (AvgIpc) is 2.13. The molecule has 6 heteroatoms. The Labute approximate surface area is 95.9 Å². The lowest BCUT2D eigenvalue weighted by Gasteiger charge is -2.07. The standard InChI is InChI=1S/C8H6Cl3NO2/c1-14-8(13)12-6-3-4(9)2-5(10)7(6)11/h2-3H,1H3,(H,12,13). The van der Waals surface area contributed by atoms with Crippen molar-refractivity contribution >= 4 is 46.6 Å². The highest BCUT2D eigenvalue weighted by atomic mass is 35.5. The zero-order chi connectivity index (χ0) is 10.7. The molecule has 0 aliphatic heterocycles. The summed E-state index contributed by atoms with van der Waals surface area (Å²) in [7, 11) is 1.25. The summed E-state index contributed by atoms with van der Waals surface area (Å²) in [5, 5.41) is 3.25. The first-order valence-electron chi connectivity index (χ1n) is 3.54. The fourth-order valence-electron chi connectivity index (χ4n) is 0.808. The van der Waals surface area contributed by atoms with E-state index in [1.54, 1.807) is 0 Å². The van der Waals surface area contributed by atoms with Crippen molar-refractivity contribution in [3.63, 3.8) is 0 Å². The zero-order valence-corrected chi connectivity index (χ0v) is 9.37. The van der Waals surface area contributed by atoms with Gasteiger partial charge in [-0.2, -0.15) is 0 Å². The molecule has 0 radical (unpaired) electrons. The van der Waals surface area contributed by atoms with E-state index in [0.717, 1.165) is 0 Å². The van der Waals surface area contributed by atoms with Crippen molar-refractivity contribution in [2.45, 2.75) is 0 Å². The first-order chi connectivity index (χ1) is 6.54. The van der Waals surface area contributed by atoms with Crippen LogP contribution in [-0.2, 0) is 4.74 Å². The van der Waals surface area contributed by atoms with E-state index < -0.39 is 6.09 Å². The maximum atomic E-state index is 10.9. The zero-order valence-electron chi connectivity index (χ0n) is 7.11. The van der Waals surface area contributed by atoms with Gasteiger partial charge in [0.05, 0.1) is 22.8 Å². The van der Waals surface area contributed by atoms with Gasteiger partial charge in [0.15, 0.2) is 0 Å². The molecule has 0 aliphatic rings. The van der Waals surface area contributed by atoms with E-state index in [0.29, 0.717) is 10.7 Å². The molecule has 3 nitrogen and oxygen atoms in total. The lowest BCUT2D eigenvalue weighted by molar-refractivity contribution is 0.187. The van der Waals surface area contributed by atoms with Gasteiger partial charge in [0.1, 0.15) is 0 Å². The van der Waals surface area contributed by atoms with Crippen molar-refractivity contribution in [1.82, 2.24) is 0 Å².